The van der Waals surface area contributed by atoms with Crippen molar-refractivity contribution in [2.45, 2.75) is 4.90 Å². The maximum atomic E-state index is 14.5. The van der Waals surface area contributed by atoms with Crippen LogP contribution in [0.1, 0.15) is 5.56 Å². The molecule has 0 saturated carbocycles. The number of nitrogens with one attached hydrogen (secondary N) is 1. The van der Waals surface area contributed by atoms with E-state index in [0.29, 0.717) is 9.87 Å². The number of hydrazone groups is 1. The van der Waals surface area contributed by atoms with Gasteiger partial charge in [-0.2, -0.15) is 5.10 Å². The summed E-state index contributed by atoms with van der Waals surface area (Å²) in [6.45, 7) is -0.731. The van der Waals surface area contributed by atoms with Crippen LogP contribution in [0.5, 0.6) is 11.5 Å². The molecule has 0 heterocycles. The van der Waals surface area contributed by atoms with Gasteiger partial charge in [-0.3, -0.25) is 9.10 Å². The van der Waals surface area contributed by atoms with E-state index in [2.05, 4.69) is 15.3 Å². The first kappa shape index (κ1) is 26.2. The second kappa shape index (κ2) is 11.8. The van der Waals surface area contributed by atoms with Gasteiger partial charge in [0.15, 0.2) is 11.5 Å². The van der Waals surface area contributed by atoms with E-state index in [-0.39, 0.29) is 22.1 Å². The standard InChI is InChI=1S/C24H22FN3O7S/c1-33-22-14-17(12-13-21(22)35-24(30)34-2)15-26-27-23(29)16-28(20-11-7-6-10-19(20)25)36(31,32)18-8-4-3-5-9-18/h3-15H,16H2,1-2H3,(H,27,29)/b26-15-. The molecule has 0 fully saturated rings. The number of para-hydroxylation sites is 1. The molecule has 0 atom stereocenters. The predicted molar refractivity (Wildman–Crippen MR) is 129 cm³/mol. The van der Waals surface area contributed by atoms with Crippen molar-refractivity contribution in [2.75, 3.05) is 25.1 Å². The SMILES string of the molecule is COC(=O)Oc1ccc(/C=N\NC(=O)CN(c2ccccc2F)S(=O)(=O)c2ccccc2)cc1OC. The van der Waals surface area contributed by atoms with Crippen LogP contribution in [-0.2, 0) is 19.6 Å². The molecule has 36 heavy (non-hydrogen) atoms. The van der Waals surface area contributed by atoms with Crippen LogP contribution in [0.3, 0.4) is 0 Å². The van der Waals surface area contributed by atoms with E-state index in [0.717, 1.165) is 13.2 Å². The van der Waals surface area contributed by atoms with Gasteiger partial charge in [0, 0.05) is 0 Å². The smallest absolute Gasteiger partial charge is 0.493 e. The highest BCUT2D eigenvalue weighted by atomic mass is 32.2. The molecule has 0 radical (unpaired) electrons. The molecule has 1 amide bonds. The van der Waals surface area contributed by atoms with E-state index in [1.54, 1.807) is 6.07 Å². The Morgan fingerprint density at radius 1 is 1.00 bits per heavy atom. The molecular weight excluding hydrogens is 493 g/mol. The second-order valence-corrected chi connectivity index (χ2v) is 8.90. The van der Waals surface area contributed by atoms with Gasteiger partial charge in [0.2, 0.25) is 0 Å². The molecule has 0 aliphatic heterocycles. The lowest BCUT2D eigenvalue weighted by atomic mass is 10.2. The number of hydrogen-bond acceptors (Lipinski definition) is 8. The van der Waals surface area contributed by atoms with Gasteiger partial charge in [-0.1, -0.05) is 30.3 Å². The van der Waals surface area contributed by atoms with E-state index in [1.165, 1.54) is 74.0 Å². The van der Waals surface area contributed by atoms with Crippen LogP contribution < -0.4 is 19.2 Å². The van der Waals surface area contributed by atoms with E-state index in [4.69, 9.17) is 9.47 Å². The number of methoxy groups -OCH3 is 2. The molecule has 0 bridgehead atoms. The fourth-order valence-electron chi connectivity index (χ4n) is 3.00. The van der Waals surface area contributed by atoms with E-state index < -0.39 is 34.4 Å². The zero-order valence-electron chi connectivity index (χ0n) is 19.3. The van der Waals surface area contributed by atoms with Crippen molar-refractivity contribution in [1.29, 1.82) is 0 Å². The van der Waals surface area contributed by atoms with Crippen LogP contribution in [0.4, 0.5) is 14.9 Å². The third-order valence-electron chi connectivity index (χ3n) is 4.69. The first-order chi connectivity index (χ1) is 17.3. The molecule has 188 valence electrons. The van der Waals surface area contributed by atoms with Crippen LogP contribution in [0, 0.1) is 5.82 Å². The molecule has 0 aliphatic rings. The Morgan fingerprint density at radius 2 is 1.69 bits per heavy atom. The fourth-order valence-corrected chi connectivity index (χ4v) is 4.45. The predicted octanol–water partition coefficient (Wildman–Crippen LogP) is 3.33. The number of amides is 1. The maximum absolute atomic E-state index is 14.5. The number of ether oxygens (including phenoxy) is 3. The summed E-state index contributed by atoms with van der Waals surface area (Å²) in [6, 6.07) is 17.1. The topological polar surface area (TPSA) is 124 Å². The molecule has 10 nitrogen and oxygen atoms in total. The lowest BCUT2D eigenvalue weighted by Gasteiger charge is -2.24. The average Bonchev–Trinajstić information content (AvgIpc) is 2.89. The number of anilines is 1. The first-order valence-corrected chi connectivity index (χ1v) is 11.8. The minimum atomic E-state index is -4.26. The van der Waals surface area contributed by atoms with Gasteiger partial charge in [0.05, 0.1) is 31.0 Å². The van der Waals surface area contributed by atoms with Crippen LogP contribution >= 0.6 is 0 Å². The van der Waals surface area contributed by atoms with Crippen LogP contribution in [-0.4, -0.2) is 47.5 Å². The number of carbonyl (C=O) groups is 2. The zero-order valence-corrected chi connectivity index (χ0v) is 20.1. The minimum Gasteiger partial charge on any atom is -0.493 e. The first-order valence-electron chi connectivity index (χ1n) is 10.3. The van der Waals surface area contributed by atoms with Gasteiger partial charge < -0.3 is 14.2 Å². The monoisotopic (exact) mass is 515 g/mol. The molecule has 1 N–H and O–H groups in total. The summed E-state index contributed by atoms with van der Waals surface area (Å²) in [6.07, 6.45) is 0.341. The Kier molecular flexibility index (Phi) is 8.57. The normalized spacial score (nSPS) is 11.1. The molecule has 12 heteroatoms. The lowest BCUT2D eigenvalue weighted by Crippen LogP contribution is -2.40. The summed E-state index contributed by atoms with van der Waals surface area (Å²) in [7, 11) is -1.73. The van der Waals surface area contributed by atoms with Gasteiger partial charge in [-0.15, -0.1) is 0 Å². The molecule has 0 aliphatic carbocycles. The summed E-state index contributed by atoms with van der Waals surface area (Å²) in [5.74, 6) is -1.31. The summed E-state index contributed by atoms with van der Waals surface area (Å²) in [4.78, 5) is 23.8. The van der Waals surface area contributed by atoms with Crippen molar-refractivity contribution in [3.8, 4) is 11.5 Å². The van der Waals surface area contributed by atoms with E-state index in [9.17, 15) is 22.4 Å². The summed E-state index contributed by atoms with van der Waals surface area (Å²) in [5.41, 5.74) is 2.40. The molecule has 3 rings (SSSR count). The van der Waals surface area contributed by atoms with E-state index >= 15 is 0 Å². The zero-order chi connectivity index (χ0) is 26.1. The van der Waals surface area contributed by atoms with Crippen molar-refractivity contribution in [3.05, 3.63) is 84.2 Å². The van der Waals surface area contributed by atoms with Crippen LogP contribution in [0.15, 0.2) is 82.8 Å². The van der Waals surface area contributed by atoms with Crippen LogP contribution in [0.25, 0.3) is 0 Å². The van der Waals surface area contributed by atoms with E-state index in [1.807, 2.05) is 0 Å². The number of carbonyl (C=O) groups excluding carboxylic acids is 2. The summed E-state index contributed by atoms with van der Waals surface area (Å²) in [5, 5.41) is 3.82. The van der Waals surface area contributed by atoms with Gasteiger partial charge >= 0.3 is 6.16 Å². The minimum absolute atomic E-state index is 0.106. The Balaban J connectivity index is 1.78. The molecule has 0 saturated heterocycles. The average molecular weight is 516 g/mol. The number of rotatable bonds is 9. The van der Waals surface area contributed by atoms with Crippen molar-refractivity contribution >= 4 is 34.0 Å². The van der Waals surface area contributed by atoms with Crippen molar-refractivity contribution in [3.63, 3.8) is 0 Å². The van der Waals surface area contributed by atoms with Crippen molar-refractivity contribution in [1.82, 2.24) is 5.43 Å². The third kappa shape index (κ3) is 6.36. The number of nitrogens with zero attached hydrogens (tertiary/aromatic N) is 2. The van der Waals surface area contributed by atoms with Crippen molar-refractivity contribution in [2.24, 2.45) is 5.10 Å². The van der Waals surface area contributed by atoms with Crippen molar-refractivity contribution < 1.29 is 36.6 Å². The van der Waals surface area contributed by atoms with Gasteiger partial charge in [0.25, 0.3) is 15.9 Å². The fraction of sp³-hybridized carbons (Fsp3) is 0.125. The maximum Gasteiger partial charge on any atom is 0.513 e. The molecular formula is C24H22FN3O7S. The van der Waals surface area contributed by atoms with Gasteiger partial charge in [-0.25, -0.2) is 23.0 Å². The number of sulfonamides is 1. The van der Waals surface area contributed by atoms with Gasteiger partial charge in [-0.05, 0) is 48.0 Å². The molecule has 0 unspecified atom stereocenters. The highest BCUT2D eigenvalue weighted by Crippen LogP contribution is 2.28. The molecule has 3 aromatic carbocycles. The molecule has 0 aromatic heterocycles. The Hall–Kier alpha value is -4.45. The molecule has 0 spiro atoms. The van der Waals surface area contributed by atoms with Crippen LogP contribution in [0.2, 0.25) is 0 Å². The highest BCUT2D eigenvalue weighted by molar-refractivity contribution is 7.92. The molecule has 3 aromatic rings. The number of hydrogen-bond donors (Lipinski definition) is 1. The quantitative estimate of drug-likeness (QED) is 0.201. The largest absolute Gasteiger partial charge is 0.513 e. The second-order valence-electron chi connectivity index (χ2n) is 7.04. The Labute approximate surface area is 207 Å². The summed E-state index contributed by atoms with van der Waals surface area (Å²) >= 11 is 0. The third-order valence-corrected chi connectivity index (χ3v) is 6.46. The number of halogens is 1. The Bertz CT molecular complexity index is 1370. The lowest BCUT2D eigenvalue weighted by molar-refractivity contribution is -0.119. The summed E-state index contributed by atoms with van der Waals surface area (Å²) < 4.78 is 56.1. The highest BCUT2D eigenvalue weighted by Gasteiger charge is 2.28. The Morgan fingerprint density at radius 3 is 2.36 bits per heavy atom. The van der Waals surface area contributed by atoms with Gasteiger partial charge in [0.1, 0.15) is 12.4 Å². The number of benzene rings is 3.